The smallest absolute Gasteiger partial charge is 0.410 e. The summed E-state index contributed by atoms with van der Waals surface area (Å²) in [4.78, 5) is 24.5. The van der Waals surface area contributed by atoms with E-state index in [4.69, 9.17) is 9.26 Å². The van der Waals surface area contributed by atoms with Crippen molar-refractivity contribution in [2.75, 3.05) is 25.9 Å². The molecule has 1 rings (SSSR count). The molecule has 1 saturated heterocycles. The van der Waals surface area contributed by atoms with E-state index in [9.17, 15) is 19.3 Å². The molecule has 1 amide bonds. The van der Waals surface area contributed by atoms with Crippen molar-refractivity contribution in [3.63, 3.8) is 0 Å². The number of nitrogens with zero attached hydrogens (tertiary/aromatic N) is 1. The molecule has 1 aliphatic rings. The molecule has 2 unspecified atom stereocenters. The molecule has 0 aromatic carbocycles. The highest BCUT2D eigenvalue weighted by atomic mass is 31.2. The highest BCUT2D eigenvalue weighted by Gasteiger charge is 2.46. The lowest BCUT2D eigenvalue weighted by molar-refractivity contribution is -0.137. The minimum absolute atomic E-state index is 0.0387. The minimum atomic E-state index is -3.26. The quantitative estimate of drug-likeness (QED) is 0.802. The highest BCUT2D eigenvalue weighted by Crippen LogP contribution is 2.54. The van der Waals surface area contributed by atoms with Gasteiger partial charge in [0.1, 0.15) is 5.60 Å². The Bertz CT molecular complexity index is 430. The maximum atomic E-state index is 12.5. The number of ether oxygens (including phenoxy) is 1. The molecular weight excluding hydrogens is 285 g/mol. The van der Waals surface area contributed by atoms with E-state index >= 15 is 0 Å². The number of hydrogen-bond donors (Lipinski definition) is 1. The molecule has 1 fully saturated rings. The van der Waals surface area contributed by atoms with Gasteiger partial charge in [0.05, 0.1) is 6.61 Å². The Hall–Kier alpha value is -1.07. The summed E-state index contributed by atoms with van der Waals surface area (Å²) in [7, 11) is -3.26. The summed E-state index contributed by atoms with van der Waals surface area (Å²) in [5.41, 5.74) is -1.85. The molecule has 20 heavy (non-hydrogen) atoms. The summed E-state index contributed by atoms with van der Waals surface area (Å²) in [5, 5.41) is 9.20. The van der Waals surface area contributed by atoms with Crippen molar-refractivity contribution in [3.8, 4) is 0 Å². The molecule has 1 N–H and O–H groups in total. The van der Waals surface area contributed by atoms with E-state index in [2.05, 4.69) is 0 Å². The average molecular weight is 307 g/mol. The van der Waals surface area contributed by atoms with Crippen molar-refractivity contribution in [2.24, 2.45) is 0 Å². The van der Waals surface area contributed by atoms with Crippen molar-refractivity contribution < 1.29 is 28.5 Å². The molecule has 2 atom stereocenters. The van der Waals surface area contributed by atoms with Gasteiger partial charge in [-0.25, -0.2) is 4.79 Å². The fourth-order valence-electron chi connectivity index (χ4n) is 1.95. The van der Waals surface area contributed by atoms with Gasteiger partial charge >= 0.3 is 12.1 Å². The van der Waals surface area contributed by atoms with Gasteiger partial charge in [-0.1, -0.05) is 0 Å². The largest absolute Gasteiger partial charge is 0.481 e. The number of carbonyl (C=O) groups excluding carboxylic acids is 1. The van der Waals surface area contributed by atoms with E-state index < -0.39 is 30.7 Å². The Balaban J connectivity index is 2.82. The third-order valence-corrected chi connectivity index (χ3v) is 5.69. The number of carboxylic acids is 1. The van der Waals surface area contributed by atoms with Gasteiger partial charge in [0.15, 0.2) is 5.66 Å². The van der Waals surface area contributed by atoms with Gasteiger partial charge in [0, 0.05) is 19.3 Å². The Morgan fingerprint density at radius 2 is 2.00 bits per heavy atom. The van der Waals surface area contributed by atoms with Crippen LogP contribution in [0.3, 0.4) is 0 Å². The standard InChI is InChI=1S/C12H22NO6P/c1-5-18-20(17)7-6-13(8-9(20)10(14)15)11(16)19-12(2,3)4/h9H,5-8H2,1-4H3,(H,14,15). The molecule has 0 saturated carbocycles. The molecule has 0 radical (unpaired) electrons. The number of hydrogen-bond acceptors (Lipinski definition) is 5. The van der Waals surface area contributed by atoms with Gasteiger partial charge in [0.25, 0.3) is 0 Å². The predicted octanol–water partition coefficient (Wildman–Crippen LogP) is 2.00. The number of carbonyl (C=O) groups is 2. The van der Waals surface area contributed by atoms with E-state index in [-0.39, 0.29) is 25.9 Å². The zero-order valence-electron chi connectivity index (χ0n) is 12.3. The molecule has 0 spiro atoms. The lowest BCUT2D eigenvalue weighted by Crippen LogP contribution is -2.48. The fourth-order valence-corrected chi connectivity index (χ4v) is 4.31. The second-order valence-corrected chi connectivity index (χ2v) is 8.43. The molecule has 0 aromatic rings. The van der Waals surface area contributed by atoms with Crippen molar-refractivity contribution >= 4 is 19.4 Å². The molecule has 0 aromatic heterocycles. The van der Waals surface area contributed by atoms with Gasteiger partial charge < -0.3 is 19.3 Å². The van der Waals surface area contributed by atoms with Crippen LogP contribution in [0.2, 0.25) is 0 Å². The van der Waals surface area contributed by atoms with Crippen LogP contribution in [0.1, 0.15) is 27.7 Å². The Kier molecular flexibility index (Phi) is 5.21. The minimum Gasteiger partial charge on any atom is -0.481 e. The number of amides is 1. The molecule has 0 aliphatic carbocycles. The summed E-state index contributed by atoms with van der Waals surface area (Å²) in [6, 6.07) is 0. The van der Waals surface area contributed by atoms with Crippen LogP contribution in [0, 0.1) is 0 Å². The molecule has 1 heterocycles. The Morgan fingerprint density at radius 3 is 2.45 bits per heavy atom. The predicted molar refractivity (Wildman–Crippen MR) is 73.3 cm³/mol. The van der Waals surface area contributed by atoms with Gasteiger partial charge in [-0.3, -0.25) is 9.36 Å². The van der Waals surface area contributed by atoms with Crippen LogP contribution in [-0.2, 0) is 18.6 Å². The third kappa shape index (κ3) is 4.21. The molecule has 8 heteroatoms. The zero-order chi connectivity index (χ0) is 15.6. The summed E-state index contributed by atoms with van der Waals surface area (Å²) in [6.07, 6.45) is -0.552. The monoisotopic (exact) mass is 307 g/mol. The van der Waals surface area contributed by atoms with Crippen LogP contribution in [0.5, 0.6) is 0 Å². The lowest BCUT2D eigenvalue weighted by atomic mass is 10.2. The average Bonchev–Trinajstić information content (AvgIpc) is 2.26. The Labute approximate surface area is 118 Å². The van der Waals surface area contributed by atoms with Gasteiger partial charge in [-0.05, 0) is 27.7 Å². The second-order valence-electron chi connectivity index (χ2n) is 5.65. The highest BCUT2D eigenvalue weighted by molar-refractivity contribution is 7.60. The zero-order valence-corrected chi connectivity index (χ0v) is 13.2. The SMILES string of the molecule is CCOP1(=O)CCN(C(=O)OC(C)(C)C)CC1C(=O)O. The maximum absolute atomic E-state index is 12.5. The van der Waals surface area contributed by atoms with Gasteiger partial charge in [-0.15, -0.1) is 0 Å². The third-order valence-electron chi connectivity index (χ3n) is 2.83. The molecular formula is C12H22NO6P. The van der Waals surface area contributed by atoms with Crippen LogP contribution >= 0.6 is 7.37 Å². The lowest BCUT2D eigenvalue weighted by Gasteiger charge is -2.36. The van der Waals surface area contributed by atoms with Crippen LogP contribution in [-0.4, -0.2) is 59.2 Å². The summed E-state index contributed by atoms with van der Waals surface area (Å²) in [5.74, 6) is -1.21. The van der Waals surface area contributed by atoms with E-state index in [1.54, 1.807) is 27.7 Å². The molecule has 116 valence electrons. The van der Waals surface area contributed by atoms with Crippen LogP contribution in [0.15, 0.2) is 0 Å². The number of aliphatic carboxylic acids is 1. The van der Waals surface area contributed by atoms with Gasteiger partial charge in [0.2, 0.25) is 7.37 Å². The number of carboxylic acid groups (broad SMARTS) is 1. The second kappa shape index (κ2) is 6.14. The normalized spacial score (nSPS) is 27.2. The van der Waals surface area contributed by atoms with Crippen molar-refractivity contribution in [1.82, 2.24) is 4.90 Å². The van der Waals surface area contributed by atoms with E-state index in [1.165, 1.54) is 4.90 Å². The first-order valence-electron chi connectivity index (χ1n) is 6.53. The van der Waals surface area contributed by atoms with E-state index in [1.807, 2.05) is 0 Å². The molecule has 1 aliphatic heterocycles. The van der Waals surface area contributed by atoms with Crippen LogP contribution < -0.4 is 0 Å². The summed E-state index contributed by atoms with van der Waals surface area (Å²) < 4.78 is 22.8. The summed E-state index contributed by atoms with van der Waals surface area (Å²) in [6.45, 7) is 7.07. The molecule has 0 bridgehead atoms. The van der Waals surface area contributed by atoms with Crippen LogP contribution in [0.25, 0.3) is 0 Å². The van der Waals surface area contributed by atoms with Crippen molar-refractivity contribution in [2.45, 2.75) is 39.0 Å². The first kappa shape index (κ1) is 17.0. The van der Waals surface area contributed by atoms with Crippen LogP contribution in [0.4, 0.5) is 4.79 Å². The Morgan fingerprint density at radius 1 is 1.40 bits per heavy atom. The topological polar surface area (TPSA) is 93.1 Å². The maximum Gasteiger partial charge on any atom is 0.410 e. The molecule has 7 nitrogen and oxygen atoms in total. The summed E-state index contributed by atoms with van der Waals surface area (Å²) >= 11 is 0. The van der Waals surface area contributed by atoms with Crippen molar-refractivity contribution in [3.05, 3.63) is 0 Å². The van der Waals surface area contributed by atoms with Gasteiger partial charge in [-0.2, -0.15) is 0 Å². The van der Waals surface area contributed by atoms with Crippen molar-refractivity contribution in [1.29, 1.82) is 0 Å². The first-order chi connectivity index (χ1) is 9.09. The van der Waals surface area contributed by atoms with E-state index in [0.717, 1.165) is 0 Å². The number of rotatable bonds is 3. The van der Waals surface area contributed by atoms with E-state index in [0.29, 0.717) is 0 Å². The fraction of sp³-hybridized carbons (Fsp3) is 0.833. The first-order valence-corrected chi connectivity index (χ1v) is 8.41.